The van der Waals surface area contributed by atoms with Crippen molar-refractivity contribution in [2.75, 3.05) is 30.4 Å². The van der Waals surface area contributed by atoms with Gasteiger partial charge in [0.15, 0.2) is 0 Å². The number of thioether (sulfide) groups is 1. The molecular formula is C13H26N4OS. The van der Waals surface area contributed by atoms with Crippen LogP contribution in [0.3, 0.4) is 0 Å². The van der Waals surface area contributed by atoms with Crippen LogP contribution in [0.2, 0.25) is 0 Å². The molecule has 0 bridgehead atoms. The number of rotatable bonds is 11. The molecule has 110 valence electrons. The van der Waals surface area contributed by atoms with Crippen molar-refractivity contribution in [2.24, 2.45) is 0 Å². The zero-order valence-electron chi connectivity index (χ0n) is 12.2. The van der Waals surface area contributed by atoms with E-state index in [2.05, 4.69) is 34.0 Å². The molecule has 1 aromatic rings. The number of unbranched alkanes of at least 4 members (excludes halogenated alkanes) is 3. The van der Waals surface area contributed by atoms with E-state index < -0.39 is 0 Å². The van der Waals surface area contributed by atoms with Crippen molar-refractivity contribution in [3.63, 3.8) is 0 Å². The summed E-state index contributed by atoms with van der Waals surface area (Å²) in [4.78, 5) is 0. The number of nitrogens with zero attached hydrogens (tertiary/aromatic N) is 2. The van der Waals surface area contributed by atoms with Crippen LogP contribution < -0.4 is 10.6 Å². The molecule has 0 saturated heterocycles. The van der Waals surface area contributed by atoms with E-state index >= 15 is 0 Å². The van der Waals surface area contributed by atoms with E-state index in [4.69, 9.17) is 4.42 Å². The van der Waals surface area contributed by atoms with Gasteiger partial charge in [0.2, 0.25) is 5.89 Å². The van der Waals surface area contributed by atoms with Gasteiger partial charge in [0.1, 0.15) is 0 Å². The highest BCUT2D eigenvalue weighted by atomic mass is 32.2. The Hall–Kier alpha value is -0.750. The average molecular weight is 286 g/mol. The minimum atomic E-state index is 0.111. The zero-order valence-corrected chi connectivity index (χ0v) is 13.1. The van der Waals surface area contributed by atoms with Gasteiger partial charge < -0.3 is 15.1 Å². The molecule has 1 unspecified atom stereocenters. The molecule has 1 rings (SSSR count). The van der Waals surface area contributed by atoms with Gasteiger partial charge in [0, 0.05) is 6.54 Å². The van der Waals surface area contributed by atoms with Crippen molar-refractivity contribution < 1.29 is 4.42 Å². The molecule has 1 heterocycles. The average Bonchev–Trinajstić information content (AvgIpc) is 2.87. The number of nitrogens with one attached hydrogen (secondary N) is 2. The van der Waals surface area contributed by atoms with Crippen molar-refractivity contribution in [1.29, 1.82) is 0 Å². The van der Waals surface area contributed by atoms with Crippen molar-refractivity contribution in [2.45, 2.75) is 45.6 Å². The molecule has 5 nitrogen and oxygen atoms in total. The summed E-state index contributed by atoms with van der Waals surface area (Å²) in [6.07, 6.45) is 7.17. The molecule has 0 spiro atoms. The molecule has 2 N–H and O–H groups in total. The predicted molar refractivity (Wildman–Crippen MR) is 81.7 cm³/mol. The molecule has 0 aliphatic rings. The van der Waals surface area contributed by atoms with Gasteiger partial charge in [-0.15, -0.1) is 5.10 Å². The highest BCUT2D eigenvalue weighted by Gasteiger charge is 2.11. The first-order valence-electron chi connectivity index (χ1n) is 7.07. The molecule has 0 aliphatic heterocycles. The third kappa shape index (κ3) is 6.82. The van der Waals surface area contributed by atoms with E-state index in [1.165, 1.54) is 25.0 Å². The Balaban J connectivity index is 2.13. The largest absolute Gasteiger partial charge is 0.406 e. The van der Waals surface area contributed by atoms with Crippen LogP contribution in [-0.4, -0.2) is 35.3 Å². The lowest BCUT2D eigenvalue weighted by atomic mass is 10.2. The Labute approximate surface area is 120 Å². The Morgan fingerprint density at radius 2 is 2.00 bits per heavy atom. The fourth-order valence-electron chi connectivity index (χ4n) is 1.79. The quantitative estimate of drug-likeness (QED) is 0.610. The minimum Gasteiger partial charge on any atom is -0.406 e. The fourth-order valence-corrected chi connectivity index (χ4v) is 2.29. The van der Waals surface area contributed by atoms with Crippen LogP contribution in [-0.2, 0) is 0 Å². The third-order valence-electron chi connectivity index (χ3n) is 2.87. The standard InChI is InChI=1S/C13H26N4OS/c1-4-14-11(2)12-16-17-13(18-12)15-9-7-5-6-8-10-19-3/h11,14H,4-10H2,1-3H3,(H,15,17). The number of hydrogen-bond acceptors (Lipinski definition) is 6. The van der Waals surface area contributed by atoms with Gasteiger partial charge in [0.25, 0.3) is 0 Å². The van der Waals surface area contributed by atoms with Gasteiger partial charge in [-0.05, 0) is 38.3 Å². The maximum absolute atomic E-state index is 5.54. The van der Waals surface area contributed by atoms with E-state index in [9.17, 15) is 0 Å². The van der Waals surface area contributed by atoms with Crippen LogP contribution in [0.4, 0.5) is 6.01 Å². The Bertz CT molecular complexity index is 332. The lowest BCUT2D eigenvalue weighted by Crippen LogP contribution is -2.17. The van der Waals surface area contributed by atoms with Crippen LogP contribution in [0.15, 0.2) is 4.42 Å². The summed E-state index contributed by atoms with van der Waals surface area (Å²) >= 11 is 1.92. The third-order valence-corrected chi connectivity index (χ3v) is 3.57. The first-order chi connectivity index (χ1) is 9.27. The molecule has 0 radical (unpaired) electrons. The van der Waals surface area contributed by atoms with Gasteiger partial charge in [-0.25, -0.2) is 0 Å². The minimum absolute atomic E-state index is 0.111. The van der Waals surface area contributed by atoms with Crippen LogP contribution >= 0.6 is 11.8 Å². The number of hydrogen-bond donors (Lipinski definition) is 2. The second kappa shape index (κ2) is 10.1. The molecular weight excluding hydrogens is 260 g/mol. The van der Waals surface area contributed by atoms with Crippen LogP contribution in [0.1, 0.15) is 51.5 Å². The second-order valence-corrected chi connectivity index (χ2v) is 5.54. The summed E-state index contributed by atoms with van der Waals surface area (Å²) in [5.41, 5.74) is 0. The number of anilines is 1. The maximum atomic E-state index is 5.54. The lowest BCUT2D eigenvalue weighted by molar-refractivity contribution is 0.428. The maximum Gasteiger partial charge on any atom is 0.315 e. The van der Waals surface area contributed by atoms with E-state index in [1.54, 1.807) is 0 Å². The van der Waals surface area contributed by atoms with Crippen LogP contribution in [0, 0.1) is 0 Å². The summed E-state index contributed by atoms with van der Waals surface area (Å²) in [6, 6.07) is 0.642. The van der Waals surface area contributed by atoms with Gasteiger partial charge in [0.05, 0.1) is 6.04 Å². The van der Waals surface area contributed by atoms with Crippen molar-refractivity contribution in [3.05, 3.63) is 5.89 Å². The highest BCUT2D eigenvalue weighted by molar-refractivity contribution is 7.98. The van der Waals surface area contributed by atoms with Crippen molar-refractivity contribution >= 4 is 17.8 Å². The van der Waals surface area contributed by atoms with Crippen molar-refractivity contribution in [1.82, 2.24) is 15.5 Å². The van der Waals surface area contributed by atoms with Gasteiger partial charge in [-0.3, -0.25) is 0 Å². The molecule has 1 aromatic heterocycles. The summed E-state index contributed by atoms with van der Waals surface area (Å²) in [6.45, 7) is 5.87. The number of aromatic nitrogens is 2. The SMILES string of the molecule is CCNC(C)c1nnc(NCCCCCCSC)o1. The van der Waals surface area contributed by atoms with E-state index in [-0.39, 0.29) is 6.04 Å². The monoisotopic (exact) mass is 286 g/mol. The van der Waals surface area contributed by atoms with E-state index in [0.29, 0.717) is 11.9 Å². The lowest BCUT2D eigenvalue weighted by Gasteiger charge is -2.06. The van der Waals surface area contributed by atoms with Gasteiger partial charge in [-0.1, -0.05) is 24.9 Å². The second-order valence-electron chi connectivity index (χ2n) is 4.56. The Morgan fingerprint density at radius 3 is 2.74 bits per heavy atom. The topological polar surface area (TPSA) is 63.0 Å². The molecule has 0 amide bonds. The zero-order chi connectivity index (χ0) is 13.9. The van der Waals surface area contributed by atoms with Crippen LogP contribution in [0.5, 0.6) is 0 Å². The molecule has 0 saturated carbocycles. The molecule has 0 fully saturated rings. The van der Waals surface area contributed by atoms with Crippen LogP contribution in [0.25, 0.3) is 0 Å². The Morgan fingerprint density at radius 1 is 1.21 bits per heavy atom. The normalized spacial score (nSPS) is 12.6. The van der Waals surface area contributed by atoms with E-state index in [0.717, 1.165) is 19.5 Å². The molecule has 0 aliphatic carbocycles. The predicted octanol–water partition coefficient (Wildman–Crippen LogP) is 3.08. The first kappa shape index (κ1) is 16.3. The molecule has 0 aromatic carbocycles. The first-order valence-corrected chi connectivity index (χ1v) is 8.47. The Kier molecular flexibility index (Phi) is 8.66. The van der Waals surface area contributed by atoms with Crippen molar-refractivity contribution in [3.8, 4) is 0 Å². The fraction of sp³-hybridized carbons (Fsp3) is 0.846. The molecule has 1 atom stereocenters. The summed E-state index contributed by atoms with van der Waals surface area (Å²) in [7, 11) is 0. The molecule has 19 heavy (non-hydrogen) atoms. The smallest absolute Gasteiger partial charge is 0.315 e. The summed E-state index contributed by atoms with van der Waals surface area (Å²) < 4.78 is 5.54. The summed E-state index contributed by atoms with van der Waals surface area (Å²) in [5, 5.41) is 14.5. The highest BCUT2D eigenvalue weighted by Crippen LogP contribution is 2.13. The molecule has 6 heteroatoms. The van der Waals surface area contributed by atoms with Gasteiger partial charge >= 0.3 is 6.01 Å². The van der Waals surface area contributed by atoms with Gasteiger partial charge in [-0.2, -0.15) is 11.8 Å². The van der Waals surface area contributed by atoms with E-state index in [1.807, 2.05) is 18.7 Å². The summed E-state index contributed by atoms with van der Waals surface area (Å²) in [5.74, 6) is 1.91.